The van der Waals surface area contributed by atoms with Crippen LogP contribution in [0.15, 0.2) is 0 Å². The van der Waals surface area contributed by atoms with E-state index in [0.29, 0.717) is 19.5 Å². The number of nitrogens with zero attached hydrogens (tertiary/aromatic N) is 2. The van der Waals surface area contributed by atoms with Gasteiger partial charge in [0, 0.05) is 32.6 Å². The van der Waals surface area contributed by atoms with Gasteiger partial charge in [-0.3, -0.25) is 14.5 Å². The van der Waals surface area contributed by atoms with Crippen molar-refractivity contribution in [1.82, 2.24) is 9.80 Å². The van der Waals surface area contributed by atoms with Crippen molar-refractivity contribution in [3.05, 3.63) is 0 Å². The SMILES string of the molecule is CCCCCCCCC(=O)N1CCCN(CC(=O)O)CC1. The highest BCUT2D eigenvalue weighted by Crippen LogP contribution is 2.10. The summed E-state index contributed by atoms with van der Waals surface area (Å²) in [5.74, 6) is -0.551. The van der Waals surface area contributed by atoms with E-state index in [4.69, 9.17) is 5.11 Å². The summed E-state index contributed by atoms with van der Waals surface area (Å²) in [7, 11) is 0. The van der Waals surface area contributed by atoms with E-state index in [1.165, 1.54) is 25.7 Å². The van der Waals surface area contributed by atoms with Crippen LogP contribution in [0.3, 0.4) is 0 Å². The lowest BCUT2D eigenvalue weighted by atomic mass is 10.1. The number of hydrogen-bond donors (Lipinski definition) is 1. The molecule has 0 aromatic heterocycles. The number of hydrogen-bond acceptors (Lipinski definition) is 3. The molecule has 0 atom stereocenters. The summed E-state index contributed by atoms with van der Waals surface area (Å²) in [5.41, 5.74) is 0. The Labute approximate surface area is 128 Å². The number of unbranched alkanes of at least 4 members (excludes halogenated alkanes) is 5. The highest BCUT2D eigenvalue weighted by molar-refractivity contribution is 5.76. The van der Waals surface area contributed by atoms with E-state index in [9.17, 15) is 9.59 Å². The molecule has 0 unspecified atom stereocenters. The van der Waals surface area contributed by atoms with Crippen LogP contribution in [0, 0.1) is 0 Å². The molecule has 0 bridgehead atoms. The van der Waals surface area contributed by atoms with E-state index in [0.717, 1.165) is 32.4 Å². The minimum absolute atomic E-state index is 0.0828. The predicted octanol–water partition coefficient (Wildman–Crippen LogP) is 2.36. The van der Waals surface area contributed by atoms with Crippen LogP contribution >= 0.6 is 0 Å². The van der Waals surface area contributed by atoms with Gasteiger partial charge in [-0.05, 0) is 12.8 Å². The van der Waals surface area contributed by atoms with Crippen LogP contribution in [0.5, 0.6) is 0 Å². The molecule has 0 saturated carbocycles. The average Bonchev–Trinajstić information content (AvgIpc) is 2.67. The third-order valence-corrected chi connectivity index (χ3v) is 4.04. The van der Waals surface area contributed by atoms with Crippen molar-refractivity contribution >= 4 is 11.9 Å². The summed E-state index contributed by atoms with van der Waals surface area (Å²) in [6, 6.07) is 0. The molecule has 0 aliphatic carbocycles. The average molecular weight is 298 g/mol. The number of carbonyl (C=O) groups is 2. The zero-order valence-corrected chi connectivity index (χ0v) is 13.4. The number of rotatable bonds is 9. The van der Waals surface area contributed by atoms with Crippen molar-refractivity contribution in [2.75, 3.05) is 32.7 Å². The highest BCUT2D eigenvalue weighted by Gasteiger charge is 2.19. The molecule has 0 aromatic rings. The second-order valence-electron chi connectivity index (χ2n) is 5.92. The molecule has 1 rings (SSSR count). The predicted molar refractivity (Wildman–Crippen MR) is 83.3 cm³/mol. The van der Waals surface area contributed by atoms with E-state index < -0.39 is 5.97 Å². The van der Waals surface area contributed by atoms with Crippen LogP contribution < -0.4 is 0 Å². The zero-order chi connectivity index (χ0) is 15.5. The van der Waals surface area contributed by atoms with Gasteiger partial charge in [0.1, 0.15) is 0 Å². The second-order valence-corrected chi connectivity index (χ2v) is 5.92. The smallest absolute Gasteiger partial charge is 0.317 e. The summed E-state index contributed by atoms with van der Waals surface area (Å²) in [5, 5.41) is 8.82. The molecule has 0 radical (unpaired) electrons. The van der Waals surface area contributed by atoms with E-state index in [2.05, 4.69) is 6.92 Å². The summed E-state index contributed by atoms with van der Waals surface area (Å²) in [6.45, 7) is 5.17. The van der Waals surface area contributed by atoms with E-state index in [1.54, 1.807) is 0 Å². The molecule has 1 amide bonds. The van der Waals surface area contributed by atoms with Gasteiger partial charge in [0.05, 0.1) is 6.54 Å². The van der Waals surface area contributed by atoms with Gasteiger partial charge >= 0.3 is 5.97 Å². The summed E-state index contributed by atoms with van der Waals surface area (Å²) >= 11 is 0. The van der Waals surface area contributed by atoms with Gasteiger partial charge in [0.2, 0.25) is 5.91 Å². The number of carboxylic acid groups (broad SMARTS) is 1. The molecule has 1 fully saturated rings. The first-order chi connectivity index (χ1) is 10.1. The molecule has 0 aromatic carbocycles. The van der Waals surface area contributed by atoms with Crippen molar-refractivity contribution in [2.45, 2.75) is 58.3 Å². The molecule has 122 valence electrons. The van der Waals surface area contributed by atoms with Crippen molar-refractivity contribution < 1.29 is 14.7 Å². The zero-order valence-electron chi connectivity index (χ0n) is 13.4. The first-order valence-electron chi connectivity index (χ1n) is 8.35. The quantitative estimate of drug-likeness (QED) is 0.664. The third-order valence-electron chi connectivity index (χ3n) is 4.04. The van der Waals surface area contributed by atoms with Crippen LogP contribution in [0.4, 0.5) is 0 Å². The Balaban J connectivity index is 2.17. The van der Waals surface area contributed by atoms with Crippen molar-refractivity contribution in [2.24, 2.45) is 0 Å². The largest absolute Gasteiger partial charge is 0.480 e. The molecule has 21 heavy (non-hydrogen) atoms. The molecule has 1 aliphatic heterocycles. The fourth-order valence-electron chi connectivity index (χ4n) is 2.78. The summed E-state index contributed by atoms with van der Waals surface area (Å²) in [6.07, 6.45) is 8.69. The number of aliphatic carboxylic acids is 1. The van der Waals surface area contributed by atoms with Gasteiger partial charge in [0.25, 0.3) is 0 Å². The van der Waals surface area contributed by atoms with Crippen LogP contribution in [-0.2, 0) is 9.59 Å². The lowest BCUT2D eigenvalue weighted by molar-refractivity contribution is -0.138. The fourth-order valence-corrected chi connectivity index (χ4v) is 2.78. The lowest BCUT2D eigenvalue weighted by Gasteiger charge is -2.21. The molecule has 1 aliphatic rings. The maximum Gasteiger partial charge on any atom is 0.317 e. The molecule has 1 N–H and O–H groups in total. The highest BCUT2D eigenvalue weighted by atomic mass is 16.4. The summed E-state index contributed by atoms with van der Waals surface area (Å²) < 4.78 is 0. The van der Waals surface area contributed by atoms with Crippen LogP contribution in [0.25, 0.3) is 0 Å². The lowest BCUT2D eigenvalue weighted by Crippen LogP contribution is -2.36. The Hall–Kier alpha value is -1.10. The van der Waals surface area contributed by atoms with E-state index in [-0.39, 0.29) is 12.5 Å². The number of amides is 1. The Morgan fingerprint density at radius 3 is 2.38 bits per heavy atom. The van der Waals surface area contributed by atoms with Gasteiger partial charge in [-0.2, -0.15) is 0 Å². The van der Waals surface area contributed by atoms with Gasteiger partial charge in [-0.15, -0.1) is 0 Å². The van der Waals surface area contributed by atoms with Crippen LogP contribution in [-0.4, -0.2) is 59.5 Å². The minimum Gasteiger partial charge on any atom is -0.480 e. The first-order valence-corrected chi connectivity index (χ1v) is 8.35. The summed E-state index contributed by atoms with van der Waals surface area (Å²) in [4.78, 5) is 26.7. The standard InChI is InChI=1S/C16H30N2O3/c1-2-3-4-5-6-7-9-15(19)18-11-8-10-17(12-13-18)14-16(20)21/h2-14H2,1H3,(H,20,21). The topological polar surface area (TPSA) is 60.9 Å². The van der Waals surface area contributed by atoms with E-state index >= 15 is 0 Å². The van der Waals surface area contributed by atoms with E-state index in [1.807, 2.05) is 9.80 Å². The molecule has 5 heteroatoms. The monoisotopic (exact) mass is 298 g/mol. The molecule has 1 heterocycles. The maximum atomic E-state index is 12.2. The molecular formula is C16H30N2O3. The second kappa shape index (κ2) is 10.6. The van der Waals surface area contributed by atoms with Crippen molar-refractivity contribution in [1.29, 1.82) is 0 Å². The first kappa shape index (κ1) is 18.0. The van der Waals surface area contributed by atoms with Gasteiger partial charge in [-0.1, -0.05) is 39.0 Å². The number of carboxylic acids is 1. The van der Waals surface area contributed by atoms with Crippen molar-refractivity contribution in [3.63, 3.8) is 0 Å². The Bertz CT molecular complexity index is 321. The van der Waals surface area contributed by atoms with Gasteiger partial charge in [0.15, 0.2) is 0 Å². The maximum absolute atomic E-state index is 12.2. The Morgan fingerprint density at radius 1 is 0.952 bits per heavy atom. The molecular weight excluding hydrogens is 268 g/mol. The minimum atomic E-state index is -0.790. The molecule has 0 spiro atoms. The van der Waals surface area contributed by atoms with Crippen molar-refractivity contribution in [3.8, 4) is 0 Å². The fraction of sp³-hybridized carbons (Fsp3) is 0.875. The Morgan fingerprint density at radius 2 is 1.67 bits per heavy atom. The van der Waals surface area contributed by atoms with Gasteiger partial charge in [-0.25, -0.2) is 0 Å². The molecule has 1 saturated heterocycles. The van der Waals surface area contributed by atoms with Crippen LogP contribution in [0.2, 0.25) is 0 Å². The normalized spacial score (nSPS) is 16.7. The third kappa shape index (κ3) is 8.05. The molecule has 5 nitrogen and oxygen atoms in total. The number of carbonyl (C=O) groups excluding carboxylic acids is 1. The van der Waals surface area contributed by atoms with Gasteiger partial charge < -0.3 is 10.0 Å². The van der Waals surface area contributed by atoms with Crippen LogP contribution in [0.1, 0.15) is 58.3 Å². The Kier molecular flexibility index (Phi) is 9.06.